The largest absolute Gasteiger partial charge is 0.482 e. The lowest BCUT2D eigenvalue weighted by atomic mass is 9.99. The lowest BCUT2D eigenvalue weighted by Gasteiger charge is -2.40. The standard InChI is InChI=1S/C12H16O7/c13-6-8-9(14)10(15)11(12(18-8)19-16)17-7-4-2-1-3-5-7/h1-5,8-16H,6H2/t8-,9-,10+,11-,12+/m1/s1. The van der Waals surface area contributed by atoms with Gasteiger partial charge in [-0.05, 0) is 12.1 Å². The number of hydrogen-bond acceptors (Lipinski definition) is 7. The van der Waals surface area contributed by atoms with E-state index in [4.69, 9.17) is 19.8 Å². The van der Waals surface area contributed by atoms with Crippen LogP contribution in [0.4, 0.5) is 0 Å². The number of benzene rings is 1. The van der Waals surface area contributed by atoms with Gasteiger partial charge in [0.1, 0.15) is 24.1 Å². The Hall–Kier alpha value is -1.22. The molecule has 0 amide bonds. The van der Waals surface area contributed by atoms with Crippen LogP contribution >= 0.6 is 0 Å². The van der Waals surface area contributed by atoms with Crippen molar-refractivity contribution in [3.63, 3.8) is 0 Å². The van der Waals surface area contributed by atoms with Crippen molar-refractivity contribution in [2.75, 3.05) is 6.61 Å². The average molecular weight is 272 g/mol. The van der Waals surface area contributed by atoms with Gasteiger partial charge in [-0.2, -0.15) is 0 Å². The first-order valence-electron chi connectivity index (χ1n) is 5.81. The molecule has 0 spiro atoms. The first kappa shape index (κ1) is 14.2. The highest BCUT2D eigenvalue weighted by Crippen LogP contribution is 2.25. The van der Waals surface area contributed by atoms with Crippen LogP contribution in [0.15, 0.2) is 30.3 Å². The summed E-state index contributed by atoms with van der Waals surface area (Å²) in [5.74, 6) is 0.423. The topological polar surface area (TPSA) is 109 Å². The van der Waals surface area contributed by atoms with Crippen LogP contribution in [0.2, 0.25) is 0 Å². The predicted octanol–water partition coefficient (Wildman–Crippen LogP) is -0.637. The quantitative estimate of drug-likeness (QED) is 0.426. The maximum absolute atomic E-state index is 9.94. The zero-order valence-corrected chi connectivity index (χ0v) is 9.99. The first-order chi connectivity index (χ1) is 9.17. The summed E-state index contributed by atoms with van der Waals surface area (Å²) in [6.45, 7) is -0.518. The van der Waals surface area contributed by atoms with Gasteiger partial charge >= 0.3 is 0 Å². The van der Waals surface area contributed by atoms with Crippen molar-refractivity contribution in [3.05, 3.63) is 30.3 Å². The normalized spacial score (nSPS) is 35.1. The molecule has 1 heterocycles. The minimum atomic E-state index is -1.37. The van der Waals surface area contributed by atoms with Gasteiger partial charge in [0, 0.05) is 0 Å². The highest BCUT2D eigenvalue weighted by molar-refractivity contribution is 5.21. The van der Waals surface area contributed by atoms with E-state index in [1.165, 1.54) is 0 Å². The molecule has 7 heteroatoms. The second-order valence-corrected chi connectivity index (χ2v) is 4.21. The average Bonchev–Trinajstić information content (AvgIpc) is 2.45. The van der Waals surface area contributed by atoms with Gasteiger partial charge in [-0.3, -0.25) is 0 Å². The van der Waals surface area contributed by atoms with Crippen LogP contribution in [-0.2, 0) is 9.62 Å². The number of hydrogen-bond donors (Lipinski definition) is 4. The number of aliphatic hydroxyl groups excluding tert-OH is 3. The summed E-state index contributed by atoms with van der Waals surface area (Å²) in [7, 11) is 0. The van der Waals surface area contributed by atoms with Gasteiger partial charge in [0.05, 0.1) is 6.61 Å². The van der Waals surface area contributed by atoms with E-state index in [1.807, 2.05) is 0 Å². The molecule has 2 rings (SSSR count). The molecule has 0 aliphatic carbocycles. The van der Waals surface area contributed by atoms with Crippen LogP contribution in [0.3, 0.4) is 0 Å². The Bertz CT molecular complexity index is 383. The summed E-state index contributed by atoms with van der Waals surface area (Å²) in [5.41, 5.74) is 0. The molecule has 0 bridgehead atoms. The van der Waals surface area contributed by atoms with Gasteiger partial charge in [-0.25, -0.2) is 10.1 Å². The lowest BCUT2D eigenvalue weighted by Crippen LogP contribution is -2.61. The molecule has 0 saturated carbocycles. The van der Waals surface area contributed by atoms with E-state index in [-0.39, 0.29) is 0 Å². The third kappa shape index (κ3) is 3.03. The summed E-state index contributed by atoms with van der Waals surface area (Å²) in [6, 6.07) is 8.54. The fraction of sp³-hybridized carbons (Fsp3) is 0.500. The van der Waals surface area contributed by atoms with Crippen molar-refractivity contribution in [3.8, 4) is 5.75 Å². The SMILES string of the molecule is OC[C@H]1O[C@@H](OO)[C@H](Oc2ccccc2)[C@@H](O)[C@@H]1O. The number of rotatable bonds is 4. The Kier molecular flexibility index (Phi) is 4.70. The fourth-order valence-electron chi connectivity index (χ4n) is 1.92. The molecule has 1 saturated heterocycles. The van der Waals surface area contributed by atoms with Crippen LogP contribution in [0.25, 0.3) is 0 Å². The van der Waals surface area contributed by atoms with E-state index in [0.29, 0.717) is 5.75 Å². The molecule has 0 unspecified atom stereocenters. The Labute approximate surface area is 109 Å². The molecular formula is C12H16O7. The van der Waals surface area contributed by atoms with Crippen LogP contribution in [0.5, 0.6) is 5.75 Å². The molecular weight excluding hydrogens is 256 g/mol. The van der Waals surface area contributed by atoms with Crippen molar-refractivity contribution in [2.45, 2.75) is 30.7 Å². The monoisotopic (exact) mass is 272 g/mol. The van der Waals surface area contributed by atoms with Gasteiger partial charge in [0.25, 0.3) is 0 Å². The molecule has 7 nitrogen and oxygen atoms in total. The first-order valence-corrected chi connectivity index (χ1v) is 5.81. The minimum absolute atomic E-state index is 0.423. The van der Waals surface area contributed by atoms with Crippen molar-refractivity contribution in [2.24, 2.45) is 0 Å². The summed E-state index contributed by atoms with van der Waals surface area (Å²) in [5, 5.41) is 37.5. The van der Waals surface area contributed by atoms with E-state index in [2.05, 4.69) is 4.89 Å². The van der Waals surface area contributed by atoms with Gasteiger partial charge in [-0.1, -0.05) is 18.2 Å². The second kappa shape index (κ2) is 6.29. The maximum atomic E-state index is 9.94. The molecule has 4 N–H and O–H groups in total. The van der Waals surface area contributed by atoms with E-state index in [0.717, 1.165) is 0 Å². The third-order valence-electron chi connectivity index (χ3n) is 2.94. The number of para-hydroxylation sites is 1. The molecule has 1 fully saturated rings. The van der Waals surface area contributed by atoms with Crippen molar-refractivity contribution in [1.82, 2.24) is 0 Å². The summed E-state index contributed by atoms with van der Waals surface area (Å²) >= 11 is 0. The van der Waals surface area contributed by atoms with E-state index in [1.54, 1.807) is 30.3 Å². The zero-order valence-electron chi connectivity index (χ0n) is 9.99. The predicted molar refractivity (Wildman–Crippen MR) is 62.3 cm³/mol. The fourth-order valence-corrected chi connectivity index (χ4v) is 1.92. The smallest absolute Gasteiger partial charge is 0.231 e. The number of aliphatic hydroxyl groups is 3. The molecule has 0 radical (unpaired) electrons. The van der Waals surface area contributed by atoms with Gasteiger partial charge < -0.3 is 24.8 Å². The van der Waals surface area contributed by atoms with Gasteiger partial charge in [0.2, 0.25) is 6.29 Å². The molecule has 19 heavy (non-hydrogen) atoms. The van der Waals surface area contributed by atoms with Gasteiger partial charge in [-0.15, -0.1) is 0 Å². The second-order valence-electron chi connectivity index (χ2n) is 4.21. The van der Waals surface area contributed by atoms with Crippen molar-refractivity contribution >= 4 is 0 Å². The van der Waals surface area contributed by atoms with E-state index >= 15 is 0 Å². The Morgan fingerprint density at radius 3 is 2.37 bits per heavy atom. The molecule has 1 aliphatic rings. The molecule has 1 aromatic carbocycles. The van der Waals surface area contributed by atoms with E-state index < -0.39 is 37.3 Å². The Morgan fingerprint density at radius 2 is 1.79 bits per heavy atom. The molecule has 1 aliphatic heterocycles. The van der Waals surface area contributed by atoms with Gasteiger partial charge in [0.15, 0.2) is 6.10 Å². The van der Waals surface area contributed by atoms with Crippen LogP contribution in [-0.4, -0.2) is 57.9 Å². The lowest BCUT2D eigenvalue weighted by molar-refractivity contribution is -0.401. The van der Waals surface area contributed by atoms with Crippen LogP contribution < -0.4 is 4.74 Å². The molecule has 1 aromatic rings. The van der Waals surface area contributed by atoms with Crippen LogP contribution in [0.1, 0.15) is 0 Å². The maximum Gasteiger partial charge on any atom is 0.231 e. The summed E-state index contributed by atoms with van der Waals surface area (Å²) in [6.07, 6.45) is -6.20. The highest BCUT2D eigenvalue weighted by atomic mass is 17.1. The molecule has 106 valence electrons. The highest BCUT2D eigenvalue weighted by Gasteiger charge is 2.46. The third-order valence-corrected chi connectivity index (χ3v) is 2.94. The summed E-state index contributed by atoms with van der Waals surface area (Å²) < 4.78 is 10.5. The summed E-state index contributed by atoms with van der Waals surface area (Å²) in [4.78, 5) is 4.10. The van der Waals surface area contributed by atoms with Crippen LogP contribution in [0, 0.1) is 0 Å². The molecule has 5 atom stereocenters. The molecule has 0 aromatic heterocycles. The Morgan fingerprint density at radius 1 is 1.11 bits per heavy atom. The minimum Gasteiger partial charge on any atom is -0.482 e. The Balaban J connectivity index is 2.13. The van der Waals surface area contributed by atoms with Crippen molar-refractivity contribution in [1.29, 1.82) is 0 Å². The van der Waals surface area contributed by atoms with Crippen molar-refractivity contribution < 1.29 is 34.9 Å². The number of ether oxygens (including phenoxy) is 2. The van der Waals surface area contributed by atoms with E-state index in [9.17, 15) is 10.2 Å². The zero-order chi connectivity index (χ0) is 13.8.